The van der Waals surface area contributed by atoms with Crippen molar-refractivity contribution >= 4 is 11.8 Å². The first-order valence-corrected chi connectivity index (χ1v) is 6.30. The van der Waals surface area contributed by atoms with Crippen LogP contribution in [0, 0.1) is 5.92 Å². The topological polar surface area (TPSA) is 67.4 Å². The first-order valence-electron chi connectivity index (χ1n) is 6.30. The molecule has 0 aliphatic carbocycles. The number of methoxy groups -OCH3 is 1. The molecule has 1 atom stereocenters. The van der Waals surface area contributed by atoms with Gasteiger partial charge in [-0.3, -0.25) is 9.59 Å². The van der Waals surface area contributed by atoms with E-state index in [1.165, 1.54) is 0 Å². The second-order valence-corrected chi connectivity index (χ2v) is 4.68. The number of carbonyl (C=O) groups is 2. The Labute approximate surface area is 112 Å². The van der Waals surface area contributed by atoms with Crippen LogP contribution in [0.4, 0.5) is 0 Å². The molecule has 19 heavy (non-hydrogen) atoms. The summed E-state index contributed by atoms with van der Waals surface area (Å²) in [7, 11) is 1.65. The highest BCUT2D eigenvalue weighted by Crippen LogP contribution is 2.10. The number of amides is 2. The summed E-state index contributed by atoms with van der Waals surface area (Å²) in [6.45, 7) is 1.47. The molecule has 1 aliphatic heterocycles. The third-order valence-corrected chi connectivity index (χ3v) is 3.12. The van der Waals surface area contributed by atoms with Gasteiger partial charge in [-0.15, -0.1) is 0 Å². The van der Waals surface area contributed by atoms with Crippen LogP contribution in [0.1, 0.15) is 17.5 Å². The second-order valence-electron chi connectivity index (χ2n) is 4.68. The minimum atomic E-state index is -0.241. The van der Waals surface area contributed by atoms with Crippen LogP contribution in [0.3, 0.4) is 0 Å². The maximum absolute atomic E-state index is 11.8. The van der Waals surface area contributed by atoms with Gasteiger partial charge in [-0.2, -0.15) is 0 Å². The van der Waals surface area contributed by atoms with E-state index in [4.69, 9.17) is 4.74 Å². The summed E-state index contributed by atoms with van der Waals surface area (Å²) in [5, 5.41) is 5.52. The van der Waals surface area contributed by atoms with Gasteiger partial charge in [0, 0.05) is 26.6 Å². The Hall–Kier alpha value is -1.88. The molecule has 2 N–H and O–H groups in total. The number of hydrogen-bond acceptors (Lipinski definition) is 3. The van der Waals surface area contributed by atoms with Gasteiger partial charge >= 0.3 is 0 Å². The van der Waals surface area contributed by atoms with Crippen LogP contribution < -0.4 is 10.6 Å². The molecule has 0 bridgehead atoms. The summed E-state index contributed by atoms with van der Waals surface area (Å²) in [4.78, 5) is 22.9. The molecule has 1 fully saturated rings. The maximum Gasteiger partial charge on any atom is 0.225 e. The predicted molar refractivity (Wildman–Crippen MR) is 70.1 cm³/mol. The lowest BCUT2D eigenvalue weighted by Crippen LogP contribution is -2.31. The normalized spacial score (nSPS) is 18.2. The fraction of sp³-hybridized carbons (Fsp3) is 0.429. The Morgan fingerprint density at radius 2 is 2.26 bits per heavy atom. The van der Waals surface area contributed by atoms with E-state index < -0.39 is 0 Å². The molecule has 2 amide bonds. The highest BCUT2D eigenvalue weighted by molar-refractivity contribution is 5.89. The molecule has 1 aliphatic rings. The van der Waals surface area contributed by atoms with E-state index in [2.05, 4.69) is 10.6 Å². The van der Waals surface area contributed by atoms with Gasteiger partial charge in [0.1, 0.15) is 0 Å². The molecule has 2 rings (SSSR count). The van der Waals surface area contributed by atoms with Crippen molar-refractivity contribution in [1.29, 1.82) is 0 Å². The zero-order valence-electron chi connectivity index (χ0n) is 10.9. The monoisotopic (exact) mass is 262 g/mol. The molecule has 1 aromatic rings. The summed E-state index contributed by atoms with van der Waals surface area (Å²) in [5.74, 6) is -0.368. The van der Waals surface area contributed by atoms with Gasteiger partial charge in [0.05, 0.1) is 12.5 Å². The van der Waals surface area contributed by atoms with Gasteiger partial charge in [-0.05, 0) is 11.1 Å². The molecule has 1 aromatic carbocycles. The Balaban J connectivity index is 1.86. The van der Waals surface area contributed by atoms with Crippen LogP contribution in [-0.4, -0.2) is 25.5 Å². The number of nitrogens with one attached hydrogen (secondary N) is 2. The number of benzene rings is 1. The Morgan fingerprint density at radius 1 is 1.47 bits per heavy atom. The van der Waals surface area contributed by atoms with E-state index in [9.17, 15) is 9.59 Å². The standard InChI is InChI=1S/C14H18N2O3/c1-19-9-11-4-2-3-10(5-11)7-16-14(18)12-6-13(17)15-8-12/h2-5,12H,6-9H2,1H3,(H,15,17)(H,16,18). The number of rotatable bonds is 5. The number of ether oxygens (including phenoxy) is 1. The fourth-order valence-corrected chi connectivity index (χ4v) is 2.12. The average Bonchev–Trinajstić information content (AvgIpc) is 2.84. The van der Waals surface area contributed by atoms with E-state index in [0.717, 1.165) is 11.1 Å². The molecule has 102 valence electrons. The summed E-state index contributed by atoms with van der Waals surface area (Å²) < 4.78 is 5.07. The molecule has 5 nitrogen and oxygen atoms in total. The molecule has 0 saturated carbocycles. The van der Waals surface area contributed by atoms with E-state index >= 15 is 0 Å². The first kappa shape index (κ1) is 13.5. The summed E-state index contributed by atoms with van der Waals surface area (Å²) in [6.07, 6.45) is 0.287. The van der Waals surface area contributed by atoms with Gasteiger partial charge < -0.3 is 15.4 Å². The second kappa shape index (κ2) is 6.33. The van der Waals surface area contributed by atoms with E-state index in [1.807, 2.05) is 24.3 Å². The smallest absolute Gasteiger partial charge is 0.225 e. The van der Waals surface area contributed by atoms with Gasteiger partial charge in [0.2, 0.25) is 11.8 Å². The molecule has 0 spiro atoms. The molecular weight excluding hydrogens is 244 g/mol. The Bertz CT molecular complexity index is 474. The zero-order valence-corrected chi connectivity index (χ0v) is 10.9. The van der Waals surface area contributed by atoms with E-state index in [0.29, 0.717) is 19.7 Å². The van der Waals surface area contributed by atoms with Gasteiger partial charge in [0.15, 0.2) is 0 Å². The van der Waals surface area contributed by atoms with Crippen LogP contribution in [-0.2, 0) is 27.5 Å². The molecule has 0 aromatic heterocycles. The number of hydrogen-bond donors (Lipinski definition) is 2. The quantitative estimate of drug-likeness (QED) is 0.816. The van der Waals surface area contributed by atoms with E-state index in [-0.39, 0.29) is 24.2 Å². The van der Waals surface area contributed by atoms with E-state index in [1.54, 1.807) is 7.11 Å². The van der Waals surface area contributed by atoms with Crippen LogP contribution >= 0.6 is 0 Å². The van der Waals surface area contributed by atoms with Gasteiger partial charge in [-0.25, -0.2) is 0 Å². The Kier molecular flexibility index (Phi) is 4.52. The molecule has 0 radical (unpaired) electrons. The molecule has 5 heteroatoms. The van der Waals surface area contributed by atoms with Crippen molar-refractivity contribution < 1.29 is 14.3 Å². The molecule has 1 saturated heterocycles. The summed E-state index contributed by atoms with van der Waals surface area (Å²) in [5.41, 5.74) is 2.10. The largest absolute Gasteiger partial charge is 0.380 e. The lowest BCUT2D eigenvalue weighted by Gasteiger charge is -2.10. The SMILES string of the molecule is COCc1cccc(CNC(=O)C2CNC(=O)C2)c1. The van der Waals surface area contributed by atoms with Gasteiger partial charge in [-0.1, -0.05) is 24.3 Å². The molecular formula is C14H18N2O3. The highest BCUT2D eigenvalue weighted by Gasteiger charge is 2.27. The molecule has 1 unspecified atom stereocenters. The summed E-state index contributed by atoms with van der Waals surface area (Å²) in [6, 6.07) is 7.88. The minimum Gasteiger partial charge on any atom is -0.380 e. The minimum absolute atomic E-state index is 0.0535. The maximum atomic E-state index is 11.8. The van der Waals surface area contributed by atoms with Crippen molar-refractivity contribution in [2.24, 2.45) is 5.92 Å². The van der Waals surface area contributed by atoms with Crippen LogP contribution in [0.25, 0.3) is 0 Å². The number of carbonyl (C=O) groups excluding carboxylic acids is 2. The highest BCUT2D eigenvalue weighted by atomic mass is 16.5. The van der Waals surface area contributed by atoms with Crippen molar-refractivity contribution in [3.8, 4) is 0 Å². The summed E-state index contributed by atoms with van der Waals surface area (Å²) >= 11 is 0. The zero-order chi connectivity index (χ0) is 13.7. The molecule has 1 heterocycles. The van der Waals surface area contributed by atoms with Crippen LogP contribution in [0.2, 0.25) is 0 Å². The van der Waals surface area contributed by atoms with Crippen molar-refractivity contribution in [3.05, 3.63) is 35.4 Å². The predicted octanol–water partition coefficient (Wildman–Crippen LogP) is 0.585. The third kappa shape index (κ3) is 3.79. The first-order chi connectivity index (χ1) is 9.19. The van der Waals surface area contributed by atoms with Crippen molar-refractivity contribution in [1.82, 2.24) is 10.6 Å². The average molecular weight is 262 g/mol. The van der Waals surface area contributed by atoms with Crippen LogP contribution in [0.15, 0.2) is 24.3 Å². The van der Waals surface area contributed by atoms with Crippen LogP contribution in [0.5, 0.6) is 0 Å². The lowest BCUT2D eigenvalue weighted by molar-refractivity contribution is -0.126. The van der Waals surface area contributed by atoms with Gasteiger partial charge in [0.25, 0.3) is 0 Å². The fourth-order valence-electron chi connectivity index (χ4n) is 2.12. The van der Waals surface area contributed by atoms with Crippen molar-refractivity contribution in [2.75, 3.05) is 13.7 Å². The lowest BCUT2D eigenvalue weighted by atomic mass is 10.1. The van der Waals surface area contributed by atoms with Crippen molar-refractivity contribution in [3.63, 3.8) is 0 Å². The third-order valence-electron chi connectivity index (χ3n) is 3.12. The Morgan fingerprint density at radius 3 is 2.95 bits per heavy atom. The van der Waals surface area contributed by atoms with Crippen molar-refractivity contribution in [2.45, 2.75) is 19.6 Å².